The highest BCUT2D eigenvalue weighted by atomic mass is 35.5. The lowest BCUT2D eigenvalue weighted by molar-refractivity contribution is 0.112. The predicted octanol–water partition coefficient (Wildman–Crippen LogP) is 1.31. The summed E-state index contributed by atoms with van der Waals surface area (Å²) in [5.41, 5.74) is 0. The van der Waals surface area contributed by atoms with E-state index in [9.17, 15) is 8.42 Å². The summed E-state index contributed by atoms with van der Waals surface area (Å²) in [6, 6.07) is -0.363. The largest absolute Gasteiger partial charge is 0.383 e. The Balaban J connectivity index is 2.95. The second-order valence-corrected chi connectivity index (χ2v) is 7.47. The van der Waals surface area contributed by atoms with Gasteiger partial charge in [0.25, 0.3) is 10.2 Å². The van der Waals surface area contributed by atoms with Crippen LogP contribution in [0.3, 0.4) is 0 Å². The number of ether oxygens (including phenoxy) is 2. The molecule has 0 N–H and O–H groups in total. The molecular weight excluding hydrogens is 316 g/mol. The third-order valence-electron chi connectivity index (χ3n) is 3.76. The number of methoxy groups -OCH3 is 2. The summed E-state index contributed by atoms with van der Waals surface area (Å²) in [4.78, 5) is 0. The summed E-state index contributed by atoms with van der Waals surface area (Å²) in [5, 5.41) is 0. The van der Waals surface area contributed by atoms with E-state index < -0.39 is 10.2 Å². The van der Waals surface area contributed by atoms with Crippen molar-refractivity contribution < 1.29 is 17.9 Å². The van der Waals surface area contributed by atoms with Crippen LogP contribution in [0, 0.1) is 0 Å². The van der Waals surface area contributed by atoms with Gasteiger partial charge in [-0.25, -0.2) is 0 Å². The van der Waals surface area contributed by atoms with Crippen LogP contribution in [0.5, 0.6) is 0 Å². The summed E-state index contributed by atoms with van der Waals surface area (Å²) in [6.07, 6.45) is 2.72. The average Bonchev–Trinajstić information content (AvgIpc) is 2.47. The number of nitrogens with zero attached hydrogens (tertiary/aromatic N) is 2. The Morgan fingerprint density at radius 3 is 2.62 bits per heavy atom. The summed E-state index contributed by atoms with van der Waals surface area (Å²) < 4.78 is 39.1. The SMILES string of the molecule is COCCN(C(C)COC)S(=O)(=O)N1CCCCC1CCl. The molecule has 0 aromatic carbocycles. The van der Waals surface area contributed by atoms with Crippen LogP contribution in [0.1, 0.15) is 26.2 Å². The van der Waals surface area contributed by atoms with Crippen molar-refractivity contribution in [3.05, 3.63) is 0 Å². The van der Waals surface area contributed by atoms with E-state index in [-0.39, 0.29) is 12.1 Å². The monoisotopic (exact) mass is 342 g/mol. The van der Waals surface area contributed by atoms with Crippen molar-refractivity contribution in [1.82, 2.24) is 8.61 Å². The van der Waals surface area contributed by atoms with Gasteiger partial charge in [-0.15, -0.1) is 11.6 Å². The first kappa shape index (κ1) is 19.1. The number of rotatable bonds is 9. The molecule has 0 aliphatic carbocycles. The highest BCUT2D eigenvalue weighted by Crippen LogP contribution is 2.24. The number of halogens is 1. The van der Waals surface area contributed by atoms with Crippen LogP contribution in [0.25, 0.3) is 0 Å². The fraction of sp³-hybridized carbons (Fsp3) is 1.00. The fourth-order valence-corrected chi connectivity index (χ4v) is 5.05. The zero-order valence-electron chi connectivity index (χ0n) is 13.1. The third-order valence-corrected chi connectivity index (χ3v) is 6.32. The maximum atomic E-state index is 13.0. The fourth-order valence-electron chi connectivity index (χ4n) is 2.64. The molecule has 2 atom stereocenters. The zero-order chi connectivity index (χ0) is 15.9. The van der Waals surface area contributed by atoms with E-state index in [0.29, 0.717) is 32.2 Å². The van der Waals surface area contributed by atoms with E-state index in [1.165, 1.54) is 4.31 Å². The lowest BCUT2D eigenvalue weighted by Gasteiger charge is -2.39. The van der Waals surface area contributed by atoms with Gasteiger partial charge in [0.15, 0.2) is 0 Å². The van der Waals surface area contributed by atoms with Crippen LogP contribution in [-0.4, -0.2) is 75.5 Å². The Morgan fingerprint density at radius 2 is 2.05 bits per heavy atom. The van der Waals surface area contributed by atoms with Gasteiger partial charge in [-0.3, -0.25) is 0 Å². The molecule has 1 saturated heterocycles. The van der Waals surface area contributed by atoms with Gasteiger partial charge in [0.05, 0.1) is 13.2 Å². The first-order valence-electron chi connectivity index (χ1n) is 7.31. The molecule has 0 radical (unpaired) electrons. The molecule has 0 aromatic rings. The quantitative estimate of drug-likeness (QED) is 0.593. The highest BCUT2D eigenvalue weighted by molar-refractivity contribution is 7.86. The molecule has 1 aliphatic heterocycles. The van der Waals surface area contributed by atoms with E-state index in [2.05, 4.69) is 0 Å². The van der Waals surface area contributed by atoms with Crippen LogP contribution >= 0.6 is 11.6 Å². The van der Waals surface area contributed by atoms with Crippen molar-refractivity contribution in [3.63, 3.8) is 0 Å². The molecule has 0 spiro atoms. The van der Waals surface area contributed by atoms with Crippen LogP contribution in [0.15, 0.2) is 0 Å². The Labute approximate surface area is 133 Å². The lowest BCUT2D eigenvalue weighted by Crippen LogP contribution is -2.55. The van der Waals surface area contributed by atoms with Gasteiger partial charge in [-0.2, -0.15) is 17.0 Å². The molecule has 126 valence electrons. The molecule has 0 bridgehead atoms. The molecule has 1 aliphatic rings. The summed E-state index contributed by atoms with van der Waals surface area (Å²) >= 11 is 5.96. The first-order valence-corrected chi connectivity index (χ1v) is 9.24. The van der Waals surface area contributed by atoms with Gasteiger partial charge >= 0.3 is 0 Å². The normalized spacial score (nSPS) is 22.6. The summed E-state index contributed by atoms with van der Waals surface area (Å²) in [7, 11) is -0.424. The van der Waals surface area contributed by atoms with Gasteiger partial charge in [-0.05, 0) is 19.8 Å². The standard InChI is InChI=1S/C13H27ClN2O4S/c1-12(11-20-3)15(8-9-19-2)21(17,18)16-7-5-4-6-13(16)10-14/h12-13H,4-11H2,1-3H3. The van der Waals surface area contributed by atoms with Gasteiger partial charge in [0.1, 0.15) is 0 Å². The van der Waals surface area contributed by atoms with Crippen LogP contribution < -0.4 is 0 Å². The number of hydrogen-bond acceptors (Lipinski definition) is 4. The van der Waals surface area contributed by atoms with Crippen molar-refractivity contribution in [2.75, 3.05) is 46.4 Å². The van der Waals surface area contributed by atoms with Crippen molar-refractivity contribution in [3.8, 4) is 0 Å². The Kier molecular flexibility index (Phi) is 8.44. The highest BCUT2D eigenvalue weighted by Gasteiger charge is 2.38. The maximum Gasteiger partial charge on any atom is 0.282 e. The number of piperidine rings is 1. The van der Waals surface area contributed by atoms with Crippen molar-refractivity contribution >= 4 is 21.8 Å². The van der Waals surface area contributed by atoms with E-state index in [0.717, 1.165) is 19.3 Å². The zero-order valence-corrected chi connectivity index (χ0v) is 14.7. The van der Waals surface area contributed by atoms with Gasteiger partial charge in [0, 0.05) is 45.3 Å². The second-order valence-electron chi connectivity index (χ2n) is 5.33. The second kappa shape index (κ2) is 9.27. The maximum absolute atomic E-state index is 13.0. The first-order chi connectivity index (χ1) is 9.98. The molecule has 1 rings (SSSR count). The smallest absolute Gasteiger partial charge is 0.282 e. The topological polar surface area (TPSA) is 59.1 Å². The molecule has 8 heteroatoms. The summed E-state index contributed by atoms with van der Waals surface area (Å²) in [5.74, 6) is 0.329. The number of hydrogen-bond donors (Lipinski definition) is 0. The Hall–Kier alpha value is 0.0800. The van der Waals surface area contributed by atoms with Crippen molar-refractivity contribution in [2.45, 2.75) is 38.3 Å². The minimum atomic E-state index is -3.56. The predicted molar refractivity (Wildman–Crippen MR) is 83.9 cm³/mol. The van der Waals surface area contributed by atoms with Crippen LogP contribution in [0.4, 0.5) is 0 Å². The summed E-state index contributed by atoms with van der Waals surface area (Å²) in [6.45, 7) is 3.39. The van der Waals surface area contributed by atoms with Crippen LogP contribution in [-0.2, 0) is 19.7 Å². The van der Waals surface area contributed by atoms with Gasteiger partial charge in [-0.1, -0.05) is 6.42 Å². The Bertz CT molecular complexity index is 394. The van der Waals surface area contributed by atoms with E-state index in [4.69, 9.17) is 21.1 Å². The minimum absolute atomic E-state index is 0.120. The van der Waals surface area contributed by atoms with Crippen molar-refractivity contribution in [1.29, 1.82) is 0 Å². The minimum Gasteiger partial charge on any atom is -0.383 e. The molecule has 21 heavy (non-hydrogen) atoms. The third kappa shape index (κ3) is 5.04. The molecule has 6 nitrogen and oxygen atoms in total. The molecule has 1 fully saturated rings. The van der Waals surface area contributed by atoms with Gasteiger partial charge < -0.3 is 9.47 Å². The Morgan fingerprint density at radius 1 is 1.33 bits per heavy atom. The van der Waals surface area contributed by atoms with E-state index in [1.54, 1.807) is 18.5 Å². The molecule has 0 aromatic heterocycles. The van der Waals surface area contributed by atoms with E-state index in [1.807, 2.05) is 6.92 Å². The number of alkyl halides is 1. The van der Waals surface area contributed by atoms with Gasteiger partial charge in [0.2, 0.25) is 0 Å². The van der Waals surface area contributed by atoms with Crippen LogP contribution in [0.2, 0.25) is 0 Å². The van der Waals surface area contributed by atoms with Crippen molar-refractivity contribution in [2.24, 2.45) is 0 Å². The molecule has 1 heterocycles. The lowest BCUT2D eigenvalue weighted by atomic mass is 10.1. The molecule has 2 unspecified atom stereocenters. The molecular formula is C13H27ClN2O4S. The van der Waals surface area contributed by atoms with E-state index >= 15 is 0 Å². The molecule has 0 amide bonds. The molecule has 0 saturated carbocycles. The average molecular weight is 343 g/mol.